The van der Waals surface area contributed by atoms with Gasteiger partial charge in [-0.15, -0.1) is 0 Å². The molecule has 0 saturated heterocycles. The molecule has 2 aromatic rings. The van der Waals surface area contributed by atoms with Crippen molar-refractivity contribution in [1.82, 2.24) is 10.2 Å². The van der Waals surface area contributed by atoms with E-state index in [2.05, 4.69) is 10.2 Å². The summed E-state index contributed by atoms with van der Waals surface area (Å²) in [4.78, 5) is 10.7. The standard InChI is InChI=1S/C11H10N2O/c1-8-3-2-4-9(5-8)11-10(7-14)6-12-13-11/h2-7H,1H3,(H,12,13). The van der Waals surface area contributed by atoms with Crippen LogP contribution in [0.15, 0.2) is 30.5 Å². The monoisotopic (exact) mass is 186 g/mol. The molecule has 0 aliphatic carbocycles. The Labute approximate surface area is 81.8 Å². The fraction of sp³-hybridized carbons (Fsp3) is 0.0909. The normalized spacial score (nSPS) is 10.1. The lowest BCUT2D eigenvalue weighted by molar-refractivity contribution is 0.112. The molecule has 0 aliphatic rings. The SMILES string of the molecule is Cc1cccc(-c2[nH]ncc2C=O)c1. The highest BCUT2D eigenvalue weighted by Gasteiger charge is 2.05. The molecule has 70 valence electrons. The molecule has 0 unspecified atom stereocenters. The molecule has 1 aromatic carbocycles. The highest BCUT2D eigenvalue weighted by Crippen LogP contribution is 2.20. The molecule has 3 nitrogen and oxygen atoms in total. The predicted molar refractivity (Wildman–Crippen MR) is 54.1 cm³/mol. The summed E-state index contributed by atoms with van der Waals surface area (Å²) in [6.07, 6.45) is 2.34. The number of aromatic amines is 1. The Bertz CT molecular complexity index is 460. The van der Waals surface area contributed by atoms with Crippen LogP contribution in [-0.4, -0.2) is 16.5 Å². The van der Waals surface area contributed by atoms with Gasteiger partial charge in [-0.1, -0.05) is 23.8 Å². The van der Waals surface area contributed by atoms with Crippen LogP contribution in [0.25, 0.3) is 11.3 Å². The molecule has 2 rings (SSSR count). The molecule has 0 aliphatic heterocycles. The van der Waals surface area contributed by atoms with Gasteiger partial charge in [-0.3, -0.25) is 9.89 Å². The summed E-state index contributed by atoms with van der Waals surface area (Å²) < 4.78 is 0. The van der Waals surface area contributed by atoms with Crippen molar-refractivity contribution in [2.75, 3.05) is 0 Å². The maximum Gasteiger partial charge on any atom is 0.153 e. The zero-order valence-corrected chi connectivity index (χ0v) is 7.82. The summed E-state index contributed by atoms with van der Waals surface area (Å²) >= 11 is 0. The van der Waals surface area contributed by atoms with E-state index in [0.29, 0.717) is 5.56 Å². The summed E-state index contributed by atoms with van der Waals surface area (Å²) in [5, 5.41) is 6.66. The smallest absolute Gasteiger partial charge is 0.153 e. The first-order valence-electron chi connectivity index (χ1n) is 4.37. The first-order valence-corrected chi connectivity index (χ1v) is 4.37. The lowest BCUT2D eigenvalue weighted by atomic mass is 10.1. The van der Waals surface area contributed by atoms with Gasteiger partial charge < -0.3 is 0 Å². The number of aromatic nitrogens is 2. The maximum absolute atomic E-state index is 10.7. The Morgan fingerprint density at radius 1 is 1.43 bits per heavy atom. The Kier molecular flexibility index (Phi) is 2.14. The van der Waals surface area contributed by atoms with Gasteiger partial charge in [0.05, 0.1) is 17.5 Å². The van der Waals surface area contributed by atoms with Gasteiger partial charge in [0.1, 0.15) is 0 Å². The summed E-state index contributed by atoms with van der Waals surface area (Å²) in [5.74, 6) is 0. The molecule has 0 fully saturated rings. The summed E-state index contributed by atoms with van der Waals surface area (Å²) in [6.45, 7) is 2.01. The molecule has 1 N–H and O–H groups in total. The van der Waals surface area contributed by atoms with Crippen LogP contribution in [0.1, 0.15) is 15.9 Å². The van der Waals surface area contributed by atoms with E-state index in [1.165, 1.54) is 6.20 Å². The predicted octanol–water partition coefficient (Wildman–Crippen LogP) is 2.20. The second kappa shape index (κ2) is 3.46. The van der Waals surface area contributed by atoms with Crippen LogP contribution < -0.4 is 0 Å². The number of benzene rings is 1. The van der Waals surface area contributed by atoms with Crippen molar-refractivity contribution >= 4 is 6.29 Å². The quantitative estimate of drug-likeness (QED) is 0.731. The second-order valence-electron chi connectivity index (χ2n) is 3.19. The van der Waals surface area contributed by atoms with Gasteiger partial charge in [0, 0.05) is 5.56 Å². The van der Waals surface area contributed by atoms with Gasteiger partial charge in [0.2, 0.25) is 0 Å². The number of nitrogens with one attached hydrogen (secondary N) is 1. The van der Waals surface area contributed by atoms with E-state index in [0.717, 1.165) is 23.1 Å². The molecule has 0 amide bonds. The number of H-pyrrole nitrogens is 1. The number of carbonyl (C=O) groups excluding carboxylic acids is 1. The third-order valence-corrected chi connectivity index (χ3v) is 2.10. The van der Waals surface area contributed by atoms with Crippen molar-refractivity contribution in [3.8, 4) is 11.3 Å². The number of aryl methyl sites for hydroxylation is 1. The Balaban J connectivity index is 2.54. The lowest BCUT2D eigenvalue weighted by Crippen LogP contribution is -1.84. The minimum absolute atomic E-state index is 0.593. The highest BCUT2D eigenvalue weighted by molar-refractivity contribution is 5.85. The fourth-order valence-corrected chi connectivity index (χ4v) is 1.42. The Morgan fingerprint density at radius 3 is 3.00 bits per heavy atom. The van der Waals surface area contributed by atoms with Crippen molar-refractivity contribution < 1.29 is 4.79 Å². The third-order valence-electron chi connectivity index (χ3n) is 2.10. The zero-order valence-electron chi connectivity index (χ0n) is 7.82. The van der Waals surface area contributed by atoms with Gasteiger partial charge >= 0.3 is 0 Å². The van der Waals surface area contributed by atoms with Gasteiger partial charge in [0.25, 0.3) is 0 Å². The number of carbonyl (C=O) groups is 1. The summed E-state index contributed by atoms with van der Waals surface area (Å²) in [6, 6.07) is 7.94. The molecule has 3 heteroatoms. The van der Waals surface area contributed by atoms with Crippen molar-refractivity contribution in [3.05, 3.63) is 41.6 Å². The number of aldehydes is 1. The second-order valence-corrected chi connectivity index (χ2v) is 3.19. The minimum Gasteiger partial charge on any atom is -0.298 e. The van der Waals surface area contributed by atoms with Crippen molar-refractivity contribution in [2.45, 2.75) is 6.92 Å². The number of hydrogen-bond donors (Lipinski definition) is 1. The molecule has 0 saturated carbocycles. The van der Waals surface area contributed by atoms with Gasteiger partial charge in [-0.05, 0) is 13.0 Å². The van der Waals surface area contributed by atoms with Crippen LogP contribution in [0.4, 0.5) is 0 Å². The third kappa shape index (κ3) is 1.44. The van der Waals surface area contributed by atoms with E-state index < -0.39 is 0 Å². The van der Waals surface area contributed by atoms with Crippen LogP contribution in [-0.2, 0) is 0 Å². The molecule has 0 spiro atoms. The lowest BCUT2D eigenvalue weighted by Gasteiger charge is -1.99. The molecule has 0 atom stereocenters. The van der Waals surface area contributed by atoms with Gasteiger partial charge in [0.15, 0.2) is 6.29 Å². The number of rotatable bonds is 2. The highest BCUT2D eigenvalue weighted by atomic mass is 16.1. The van der Waals surface area contributed by atoms with E-state index >= 15 is 0 Å². The Morgan fingerprint density at radius 2 is 2.29 bits per heavy atom. The van der Waals surface area contributed by atoms with E-state index in [1.807, 2.05) is 31.2 Å². The first-order chi connectivity index (χ1) is 6.81. The average molecular weight is 186 g/mol. The van der Waals surface area contributed by atoms with Crippen molar-refractivity contribution in [3.63, 3.8) is 0 Å². The van der Waals surface area contributed by atoms with E-state index in [9.17, 15) is 4.79 Å². The molecular formula is C11H10N2O. The van der Waals surface area contributed by atoms with Gasteiger partial charge in [-0.25, -0.2) is 0 Å². The molecular weight excluding hydrogens is 176 g/mol. The van der Waals surface area contributed by atoms with Crippen LogP contribution in [0, 0.1) is 6.92 Å². The molecule has 14 heavy (non-hydrogen) atoms. The molecule has 0 radical (unpaired) electrons. The van der Waals surface area contributed by atoms with E-state index in [4.69, 9.17) is 0 Å². The Hall–Kier alpha value is -1.90. The summed E-state index contributed by atoms with van der Waals surface area (Å²) in [5.41, 5.74) is 3.53. The van der Waals surface area contributed by atoms with Crippen LogP contribution >= 0.6 is 0 Å². The topological polar surface area (TPSA) is 45.8 Å². The van der Waals surface area contributed by atoms with E-state index in [1.54, 1.807) is 0 Å². The van der Waals surface area contributed by atoms with Crippen LogP contribution in [0.5, 0.6) is 0 Å². The summed E-state index contributed by atoms with van der Waals surface area (Å²) in [7, 11) is 0. The number of hydrogen-bond acceptors (Lipinski definition) is 2. The minimum atomic E-state index is 0.593. The molecule has 1 heterocycles. The first kappa shape index (κ1) is 8.69. The van der Waals surface area contributed by atoms with Crippen LogP contribution in [0.3, 0.4) is 0 Å². The van der Waals surface area contributed by atoms with Gasteiger partial charge in [-0.2, -0.15) is 5.10 Å². The van der Waals surface area contributed by atoms with Crippen molar-refractivity contribution in [1.29, 1.82) is 0 Å². The fourth-order valence-electron chi connectivity index (χ4n) is 1.42. The molecule has 1 aromatic heterocycles. The van der Waals surface area contributed by atoms with E-state index in [-0.39, 0.29) is 0 Å². The largest absolute Gasteiger partial charge is 0.298 e. The number of nitrogens with zero attached hydrogens (tertiary/aromatic N) is 1. The molecule has 0 bridgehead atoms. The zero-order chi connectivity index (χ0) is 9.97. The average Bonchev–Trinajstić information content (AvgIpc) is 2.65. The maximum atomic E-state index is 10.7. The van der Waals surface area contributed by atoms with Crippen LogP contribution in [0.2, 0.25) is 0 Å². The van der Waals surface area contributed by atoms with Crippen molar-refractivity contribution in [2.24, 2.45) is 0 Å².